The second kappa shape index (κ2) is 11.5. The van der Waals surface area contributed by atoms with E-state index in [0.29, 0.717) is 0 Å². The molecule has 0 amide bonds. The Morgan fingerprint density at radius 2 is 1.46 bits per heavy atom. The summed E-state index contributed by atoms with van der Waals surface area (Å²) in [5.41, 5.74) is 5.38. The van der Waals surface area contributed by atoms with Gasteiger partial charge in [-0.15, -0.1) is 11.8 Å². The molecule has 0 aliphatic rings. The van der Waals surface area contributed by atoms with Crippen LogP contribution >= 0.6 is 0 Å². The topological polar surface area (TPSA) is 26.0 Å². The molecular weight excluding hydrogens is 158 g/mol. The second-order valence-corrected chi connectivity index (χ2v) is 3.41. The van der Waals surface area contributed by atoms with Crippen LogP contribution in [0, 0.1) is 11.8 Å². The zero-order valence-corrected chi connectivity index (χ0v) is 8.94. The Hall–Kier alpha value is -0.480. The van der Waals surface area contributed by atoms with Crippen molar-refractivity contribution in [2.24, 2.45) is 5.73 Å². The van der Waals surface area contributed by atoms with Crippen LogP contribution in [-0.4, -0.2) is 6.54 Å². The Balaban J connectivity index is 3.02. The number of nitrogens with two attached hydrogens (primary N) is 1. The van der Waals surface area contributed by atoms with E-state index in [1.807, 2.05) is 0 Å². The van der Waals surface area contributed by atoms with Gasteiger partial charge in [0.2, 0.25) is 0 Å². The van der Waals surface area contributed by atoms with Gasteiger partial charge in [0.1, 0.15) is 0 Å². The maximum Gasteiger partial charge on any atom is 0.00891 e. The normalized spacial score (nSPS) is 9.38. The SMILES string of the molecule is CCCCCCC#CCCCCN. The molecule has 0 atom stereocenters. The Morgan fingerprint density at radius 3 is 2.00 bits per heavy atom. The van der Waals surface area contributed by atoms with Gasteiger partial charge in [-0.1, -0.05) is 26.2 Å². The molecule has 13 heavy (non-hydrogen) atoms. The smallest absolute Gasteiger partial charge is 0.00891 e. The summed E-state index contributed by atoms with van der Waals surface area (Å²) < 4.78 is 0. The van der Waals surface area contributed by atoms with E-state index in [1.54, 1.807) is 0 Å². The molecule has 0 saturated heterocycles. The Bertz CT molecular complexity index is 141. The molecular formula is C12H23N. The molecule has 2 N–H and O–H groups in total. The standard InChI is InChI=1S/C12H23N/c1-2-3-4-5-6-7-8-9-10-11-12-13/h2-6,9-13H2,1H3. The lowest BCUT2D eigenvalue weighted by Gasteiger charge is -1.92. The molecule has 0 unspecified atom stereocenters. The van der Waals surface area contributed by atoms with Crippen molar-refractivity contribution in [2.75, 3.05) is 6.54 Å². The Kier molecular flexibility index (Phi) is 11.1. The number of hydrogen-bond acceptors (Lipinski definition) is 1. The summed E-state index contributed by atoms with van der Waals surface area (Å²) in [6.07, 6.45) is 9.68. The lowest BCUT2D eigenvalue weighted by atomic mass is 10.1. The van der Waals surface area contributed by atoms with Crippen molar-refractivity contribution in [1.29, 1.82) is 0 Å². The van der Waals surface area contributed by atoms with Crippen molar-refractivity contribution in [3.05, 3.63) is 0 Å². The van der Waals surface area contributed by atoms with E-state index in [2.05, 4.69) is 18.8 Å². The van der Waals surface area contributed by atoms with Crippen LogP contribution in [0.4, 0.5) is 0 Å². The fourth-order valence-corrected chi connectivity index (χ4v) is 1.17. The zero-order chi connectivity index (χ0) is 9.78. The third kappa shape index (κ3) is 11.5. The summed E-state index contributed by atoms with van der Waals surface area (Å²) in [6.45, 7) is 3.04. The largest absolute Gasteiger partial charge is 0.330 e. The van der Waals surface area contributed by atoms with E-state index in [0.717, 1.165) is 25.8 Å². The zero-order valence-electron chi connectivity index (χ0n) is 8.94. The van der Waals surface area contributed by atoms with Crippen molar-refractivity contribution >= 4 is 0 Å². The first-order valence-corrected chi connectivity index (χ1v) is 5.57. The predicted octanol–water partition coefficient (Wildman–Crippen LogP) is 3.09. The quantitative estimate of drug-likeness (QED) is 0.474. The molecule has 0 aliphatic carbocycles. The molecule has 76 valence electrons. The molecule has 0 radical (unpaired) electrons. The van der Waals surface area contributed by atoms with Crippen molar-refractivity contribution < 1.29 is 0 Å². The van der Waals surface area contributed by atoms with Gasteiger partial charge in [-0.05, 0) is 25.8 Å². The van der Waals surface area contributed by atoms with E-state index >= 15 is 0 Å². The highest BCUT2D eigenvalue weighted by Gasteiger charge is 1.84. The third-order valence-electron chi connectivity index (χ3n) is 2.04. The van der Waals surface area contributed by atoms with Gasteiger partial charge in [-0.2, -0.15) is 0 Å². The molecule has 0 aliphatic heterocycles. The molecule has 0 saturated carbocycles. The lowest BCUT2D eigenvalue weighted by Crippen LogP contribution is -1.96. The minimum absolute atomic E-state index is 0.804. The predicted molar refractivity (Wildman–Crippen MR) is 59.4 cm³/mol. The van der Waals surface area contributed by atoms with Crippen LogP contribution in [0.25, 0.3) is 0 Å². The van der Waals surface area contributed by atoms with Crippen LogP contribution in [0.15, 0.2) is 0 Å². The van der Waals surface area contributed by atoms with E-state index in [1.165, 1.54) is 32.1 Å². The van der Waals surface area contributed by atoms with Crippen LogP contribution in [0.1, 0.15) is 58.3 Å². The van der Waals surface area contributed by atoms with Gasteiger partial charge >= 0.3 is 0 Å². The molecule has 0 aromatic heterocycles. The van der Waals surface area contributed by atoms with Crippen LogP contribution in [0.2, 0.25) is 0 Å². The van der Waals surface area contributed by atoms with Gasteiger partial charge in [0.05, 0.1) is 0 Å². The van der Waals surface area contributed by atoms with E-state index in [9.17, 15) is 0 Å². The first-order chi connectivity index (χ1) is 6.41. The van der Waals surface area contributed by atoms with Gasteiger partial charge < -0.3 is 5.73 Å². The summed E-state index contributed by atoms with van der Waals surface area (Å²) in [7, 11) is 0. The van der Waals surface area contributed by atoms with Crippen molar-refractivity contribution in [1.82, 2.24) is 0 Å². The number of unbranched alkanes of at least 4 members (excludes halogenated alkanes) is 6. The third-order valence-corrected chi connectivity index (χ3v) is 2.04. The monoisotopic (exact) mass is 181 g/mol. The van der Waals surface area contributed by atoms with Crippen LogP contribution in [0.3, 0.4) is 0 Å². The summed E-state index contributed by atoms with van der Waals surface area (Å²) in [5, 5.41) is 0. The van der Waals surface area contributed by atoms with Crippen LogP contribution in [0.5, 0.6) is 0 Å². The average molecular weight is 181 g/mol. The van der Waals surface area contributed by atoms with Gasteiger partial charge in [-0.3, -0.25) is 0 Å². The van der Waals surface area contributed by atoms with Crippen LogP contribution in [-0.2, 0) is 0 Å². The number of hydrogen-bond donors (Lipinski definition) is 1. The van der Waals surface area contributed by atoms with Crippen molar-refractivity contribution in [3.63, 3.8) is 0 Å². The maximum atomic E-state index is 5.38. The molecule has 0 aromatic rings. The fraction of sp³-hybridized carbons (Fsp3) is 0.833. The molecule has 0 aromatic carbocycles. The summed E-state index contributed by atoms with van der Waals surface area (Å²) >= 11 is 0. The highest BCUT2D eigenvalue weighted by molar-refractivity contribution is 4.98. The molecule has 0 fully saturated rings. The molecule has 1 nitrogen and oxygen atoms in total. The van der Waals surface area contributed by atoms with Gasteiger partial charge in [0.25, 0.3) is 0 Å². The lowest BCUT2D eigenvalue weighted by molar-refractivity contribution is 0.679. The van der Waals surface area contributed by atoms with E-state index in [-0.39, 0.29) is 0 Å². The molecule has 0 rings (SSSR count). The van der Waals surface area contributed by atoms with Gasteiger partial charge in [0.15, 0.2) is 0 Å². The summed E-state index contributed by atoms with van der Waals surface area (Å²) in [4.78, 5) is 0. The first-order valence-electron chi connectivity index (χ1n) is 5.57. The summed E-state index contributed by atoms with van der Waals surface area (Å²) in [5.74, 6) is 6.40. The molecule has 0 heterocycles. The second-order valence-electron chi connectivity index (χ2n) is 3.41. The Morgan fingerprint density at radius 1 is 0.846 bits per heavy atom. The van der Waals surface area contributed by atoms with E-state index in [4.69, 9.17) is 5.73 Å². The number of rotatable bonds is 7. The Labute approximate surface area is 83.1 Å². The van der Waals surface area contributed by atoms with Gasteiger partial charge in [0, 0.05) is 12.8 Å². The van der Waals surface area contributed by atoms with Gasteiger partial charge in [-0.25, -0.2) is 0 Å². The van der Waals surface area contributed by atoms with Crippen molar-refractivity contribution in [2.45, 2.75) is 58.3 Å². The van der Waals surface area contributed by atoms with E-state index < -0.39 is 0 Å². The van der Waals surface area contributed by atoms with Crippen molar-refractivity contribution in [3.8, 4) is 11.8 Å². The summed E-state index contributed by atoms with van der Waals surface area (Å²) in [6, 6.07) is 0. The maximum absolute atomic E-state index is 5.38. The minimum atomic E-state index is 0.804. The molecule has 0 spiro atoms. The molecule has 1 heteroatoms. The average Bonchev–Trinajstić information content (AvgIpc) is 2.16. The minimum Gasteiger partial charge on any atom is -0.330 e. The highest BCUT2D eigenvalue weighted by atomic mass is 14.5. The highest BCUT2D eigenvalue weighted by Crippen LogP contribution is 2.01. The van der Waals surface area contributed by atoms with Crippen LogP contribution < -0.4 is 5.73 Å². The molecule has 0 bridgehead atoms. The first kappa shape index (κ1) is 12.5. The fourth-order valence-electron chi connectivity index (χ4n) is 1.17.